The molecule has 5 heteroatoms. The number of hydrogen-bond acceptors (Lipinski definition) is 4. The van der Waals surface area contributed by atoms with Gasteiger partial charge >= 0.3 is 0 Å². The fraction of sp³-hybridized carbons (Fsp3) is 0.500. The highest BCUT2D eigenvalue weighted by atomic mass is 16.5. The topological polar surface area (TPSA) is 77.1 Å². The molecule has 2 rings (SSSR count). The van der Waals surface area contributed by atoms with Crippen LogP contribution in [0.1, 0.15) is 30.4 Å². The average molecular weight is 264 g/mol. The molecule has 0 aromatic heterocycles. The third-order valence-corrected chi connectivity index (χ3v) is 3.29. The molecule has 0 radical (unpaired) electrons. The predicted molar refractivity (Wildman–Crippen MR) is 72.8 cm³/mol. The summed E-state index contributed by atoms with van der Waals surface area (Å²) in [5, 5.41) is 11.7. The van der Waals surface area contributed by atoms with Gasteiger partial charge in [-0.2, -0.15) is 0 Å². The van der Waals surface area contributed by atoms with E-state index in [0.717, 1.165) is 30.8 Å². The minimum Gasteiger partial charge on any atom is -0.491 e. The van der Waals surface area contributed by atoms with Crippen LogP contribution in [0.15, 0.2) is 23.4 Å². The quantitative estimate of drug-likeness (QED) is 0.377. The van der Waals surface area contributed by atoms with Gasteiger partial charge in [0.2, 0.25) is 0 Å². The second kappa shape index (κ2) is 6.43. The Hall–Kier alpha value is -1.75. The van der Waals surface area contributed by atoms with Crippen molar-refractivity contribution in [2.24, 2.45) is 10.9 Å². The van der Waals surface area contributed by atoms with Gasteiger partial charge in [-0.3, -0.25) is 0 Å². The molecule has 3 N–H and O–H groups in total. The number of oxime groups is 1. The van der Waals surface area contributed by atoms with Crippen molar-refractivity contribution < 1.29 is 14.7 Å². The number of aryl methyl sites for hydroxylation is 1. The number of nitrogens with zero attached hydrogens (tertiary/aromatic N) is 1. The summed E-state index contributed by atoms with van der Waals surface area (Å²) in [6, 6.07) is 5.48. The zero-order valence-corrected chi connectivity index (χ0v) is 11.1. The number of amidine groups is 1. The lowest BCUT2D eigenvalue weighted by atomic mass is 10.1. The number of hydrogen-bond donors (Lipinski definition) is 2. The van der Waals surface area contributed by atoms with Gasteiger partial charge in [-0.15, -0.1) is 0 Å². The molecule has 1 heterocycles. The van der Waals surface area contributed by atoms with Gasteiger partial charge in [0.1, 0.15) is 12.4 Å². The zero-order chi connectivity index (χ0) is 13.7. The van der Waals surface area contributed by atoms with E-state index in [1.54, 1.807) is 12.1 Å². The molecule has 1 aliphatic heterocycles. The zero-order valence-electron chi connectivity index (χ0n) is 11.1. The fourth-order valence-corrected chi connectivity index (χ4v) is 2.09. The van der Waals surface area contributed by atoms with E-state index >= 15 is 0 Å². The van der Waals surface area contributed by atoms with E-state index in [1.165, 1.54) is 6.42 Å². The van der Waals surface area contributed by atoms with Crippen LogP contribution in [0.2, 0.25) is 0 Å². The summed E-state index contributed by atoms with van der Waals surface area (Å²) >= 11 is 0. The second-order valence-electron chi connectivity index (χ2n) is 4.77. The lowest BCUT2D eigenvalue weighted by Crippen LogP contribution is -2.26. The molecule has 1 aromatic carbocycles. The van der Waals surface area contributed by atoms with E-state index in [1.807, 2.05) is 13.0 Å². The van der Waals surface area contributed by atoms with Gasteiger partial charge in [-0.1, -0.05) is 17.3 Å². The Kier molecular flexibility index (Phi) is 4.63. The lowest BCUT2D eigenvalue weighted by Gasteiger charge is -2.23. The lowest BCUT2D eigenvalue weighted by molar-refractivity contribution is -0.0111. The molecule has 1 atom stereocenters. The highest BCUT2D eigenvalue weighted by Gasteiger charge is 2.15. The van der Waals surface area contributed by atoms with Crippen molar-refractivity contribution in [3.8, 4) is 5.75 Å². The van der Waals surface area contributed by atoms with Crippen LogP contribution in [-0.2, 0) is 4.74 Å². The van der Waals surface area contributed by atoms with Crippen molar-refractivity contribution >= 4 is 5.84 Å². The van der Waals surface area contributed by atoms with E-state index in [4.69, 9.17) is 20.4 Å². The Morgan fingerprint density at radius 1 is 1.53 bits per heavy atom. The molecule has 5 nitrogen and oxygen atoms in total. The summed E-state index contributed by atoms with van der Waals surface area (Å²) in [7, 11) is 0. The van der Waals surface area contributed by atoms with Gasteiger partial charge < -0.3 is 20.4 Å². The van der Waals surface area contributed by atoms with Crippen molar-refractivity contribution in [2.45, 2.75) is 32.3 Å². The molecular formula is C14H20N2O3. The minimum atomic E-state index is 0.0822. The minimum absolute atomic E-state index is 0.0822. The average Bonchev–Trinajstić information content (AvgIpc) is 2.46. The highest BCUT2D eigenvalue weighted by Crippen LogP contribution is 2.21. The Labute approximate surface area is 113 Å². The van der Waals surface area contributed by atoms with E-state index < -0.39 is 0 Å². The third kappa shape index (κ3) is 3.61. The van der Waals surface area contributed by atoms with Gasteiger partial charge in [0.05, 0.1) is 6.10 Å². The first kappa shape index (κ1) is 13.7. The molecule has 19 heavy (non-hydrogen) atoms. The maximum Gasteiger partial charge on any atom is 0.170 e. The Morgan fingerprint density at radius 2 is 2.37 bits per heavy atom. The first-order valence-electron chi connectivity index (χ1n) is 6.53. The maximum atomic E-state index is 8.68. The van der Waals surface area contributed by atoms with E-state index in [2.05, 4.69) is 5.16 Å². The largest absolute Gasteiger partial charge is 0.491 e. The highest BCUT2D eigenvalue weighted by molar-refractivity contribution is 5.97. The number of ether oxygens (including phenoxy) is 2. The van der Waals surface area contributed by atoms with Gasteiger partial charge in [-0.05, 0) is 37.8 Å². The molecule has 0 saturated carbocycles. The van der Waals surface area contributed by atoms with Crippen LogP contribution in [0.5, 0.6) is 5.75 Å². The summed E-state index contributed by atoms with van der Waals surface area (Å²) in [4.78, 5) is 0. The first-order valence-corrected chi connectivity index (χ1v) is 6.53. The molecule has 0 amide bonds. The Bertz CT molecular complexity index is 454. The van der Waals surface area contributed by atoms with Gasteiger partial charge in [-0.25, -0.2) is 0 Å². The van der Waals surface area contributed by atoms with E-state index in [0.29, 0.717) is 12.2 Å². The fourth-order valence-electron chi connectivity index (χ4n) is 2.09. The normalized spacial score (nSPS) is 20.3. The summed E-state index contributed by atoms with van der Waals surface area (Å²) in [6.45, 7) is 3.32. The molecule has 1 unspecified atom stereocenters. The van der Waals surface area contributed by atoms with Crippen molar-refractivity contribution in [3.05, 3.63) is 29.3 Å². The van der Waals surface area contributed by atoms with Crippen LogP contribution < -0.4 is 10.5 Å². The van der Waals surface area contributed by atoms with Crippen molar-refractivity contribution in [3.63, 3.8) is 0 Å². The predicted octanol–water partition coefficient (Wildman–Crippen LogP) is 2.04. The number of nitrogens with two attached hydrogens (primary N) is 1. The molecular weight excluding hydrogens is 244 g/mol. The third-order valence-electron chi connectivity index (χ3n) is 3.29. The van der Waals surface area contributed by atoms with Gasteiger partial charge in [0, 0.05) is 12.2 Å². The SMILES string of the molecule is Cc1ccc(/C(N)=N/O)cc1OCC1CCCCO1. The monoisotopic (exact) mass is 264 g/mol. The van der Waals surface area contributed by atoms with E-state index in [9.17, 15) is 0 Å². The molecule has 0 spiro atoms. The van der Waals surface area contributed by atoms with Crippen molar-refractivity contribution in [1.82, 2.24) is 0 Å². The van der Waals surface area contributed by atoms with Crippen LogP contribution in [0, 0.1) is 6.92 Å². The molecule has 1 aliphatic rings. The van der Waals surface area contributed by atoms with Crippen molar-refractivity contribution in [2.75, 3.05) is 13.2 Å². The molecule has 0 bridgehead atoms. The summed E-state index contributed by atoms with van der Waals surface area (Å²) in [5.74, 6) is 0.831. The number of benzene rings is 1. The second-order valence-corrected chi connectivity index (χ2v) is 4.77. The first-order chi connectivity index (χ1) is 9.20. The Morgan fingerprint density at radius 3 is 3.05 bits per heavy atom. The smallest absolute Gasteiger partial charge is 0.170 e. The van der Waals surface area contributed by atoms with Gasteiger partial charge in [0.15, 0.2) is 5.84 Å². The van der Waals surface area contributed by atoms with E-state index in [-0.39, 0.29) is 11.9 Å². The van der Waals surface area contributed by atoms with Crippen LogP contribution in [0.25, 0.3) is 0 Å². The van der Waals surface area contributed by atoms with Crippen LogP contribution >= 0.6 is 0 Å². The van der Waals surface area contributed by atoms with Gasteiger partial charge in [0.25, 0.3) is 0 Å². The maximum absolute atomic E-state index is 8.68. The van der Waals surface area contributed by atoms with Crippen molar-refractivity contribution in [1.29, 1.82) is 0 Å². The van der Waals surface area contributed by atoms with Crippen LogP contribution in [0.3, 0.4) is 0 Å². The molecule has 1 fully saturated rings. The number of rotatable bonds is 4. The Balaban J connectivity index is 2.02. The molecule has 1 saturated heterocycles. The molecule has 1 aromatic rings. The standard InChI is InChI=1S/C14H20N2O3/c1-10-5-6-11(14(15)16-17)8-13(10)19-9-12-4-2-3-7-18-12/h5-6,8,12,17H,2-4,7,9H2,1H3,(H2,15,16). The molecule has 0 aliphatic carbocycles. The molecule has 104 valence electrons. The summed E-state index contributed by atoms with van der Waals surface area (Å²) in [5.41, 5.74) is 7.24. The summed E-state index contributed by atoms with van der Waals surface area (Å²) in [6.07, 6.45) is 3.53. The summed E-state index contributed by atoms with van der Waals surface area (Å²) < 4.78 is 11.4. The van der Waals surface area contributed by atoms with Crippen LogP contribution in [0.4, 0.5) is 0 Å². The van der Waals surface area contributed by atoms with Crippen LogP contribution in [-0.4, -0.2) is 30.4 Å².